The van der Waals surface area contributed by atoms with Crippen molar-refractivity contribution in [2.45, 2.75) is 19.3 Å². The van der Waals surface area contributed by atoms with Gasteiger partial charge in [-0.25, -0.2) is 0 Å². The van der Waals surface area contributed by atoms with Gasteiger partial charge in [0.25, 0.3) is 11.6 Å². The second-order valence-corrected chi connectivity index (χ2v) is 4.69. The molecular weight excluding hydrogens is 248 g/mol. The van der Waals surface area contributed by atoms with Crippen molar-refractivity contribution in [1.29, 1.82) is 0 Å². The van der Waals surface area contributed by atoms with Crippen molar-refractivity contribution in [3.63, 3.8) is 0 Å². The van der Waals surface area contributed by atoms with Crippen LogP contribution in [0.3, 0.4) is 0 Å². The molecule has 0 amide bonds. The first-order valence-electron chi connectivity index (χ1n) is 6.00. The van der Waals surface area contributed by atoms with E-state index in [4.69, 9.17) is 10.3 Å². The van der Waals surface area contributed by atoms with Crippen LogP contribution in [0.2, 0.25) is 0 Å². The first-order chi connectivity index (χ1) is 9.13. The third kappa shape index (κ3) is 2.40. The number of nitrogen functional groups attached to an aromatic ring is 1. The number of nitro benzene ring substituents is 1. The molecule has 0 spiro atoms. The molecule has 1 aromatic carbocycles. The standard InChI is InChI=1S/C12H12N4O3/c13-10-4-3-8(16(17)18)6-9(10)12-14-11(15-19-12)5-7-1-2-7/h3-4,6-7H,1-2,5,13H2. The highest BCUT2D eigenvalue weighted by Gasteiger charge is 2.24. The van der Waals surface area contributed by atoms with E-state index in [9.17, 15) is 10.1 Å². The molecule has 0 radical (unpaired) electrons. The van der Waals surface area contributed by atoms with Gasteiger partial charge in [0.05, 0.1) is 10.5 Å². The highest BCUT2D eigenvalue weighted by atomic mass is 16.6. The Bertz CT molecular complexity index is 634. The molecule has 0 aliphatic heterocycles. The normalized spacial score (nSPS) is 14.5. The van der Waals surface area contributed by atoms with E-state index in [1.54, 1.807) is 0 Å². The molecule has 7 heteroatoms. The molecule has 1 heterocycles. The summed E-state index contributed by atoms with van der Waals surface area (Å²) in [5.74, 6) is 1.51. The van der Waals surface area contributed by atoms with Gasteiger partial charge in [0, 0.05) is 24.2 Å². The van der Waals surface area contributed by atoms with Gasteiger partial charge in [0.15, 0.2) is 5.82 Å². The van der Waals surface area contributed by atoms with E-state index in [2.05, 4.69) is 10.1 Å². The van der Waals surface area contributed by atoms with Crippen LogP contribution in [0.25, 0.3) is 11.5 Å². The van der Waals surface area contributed by atoms with Crippen LogP contribution < -0.4 is 5.73 Å². The van der Waals surface area contributed by atoms with Crippen molar-refractivity contribution in [2.24, 2.45) is 5.92 Å². The fourth-order valence-corrected chi connectivity index (χ4v) is 1.87. The van der Waals surface area contributed by atoms with Gasteiger partial charge in [-0.2, -0.15) is 4.98 Å². The molecule has 98 valence electrons. The Morgan fingerprint density at radius 1 is 1.47 bits per heavy atom. The van der Waals surface area contributed by atoms with Gasteiger partial charge in [-0.1, -0.05) is 5.16 Å². The highest BCUT2D eigenvalue weighted by Crippen LogP contribution is 2.33. The average molecular weight is 260 g/mol. The first kappa shape index (κ1) is 11.6. The summed E-state index contributed by atoms with van der Waals surface area (Å²) in [6.45, 7) is 0. The first-order valence-corrected chi connectivity index (χ1v) is 6.00. The predicted octanol–water partition coefficient (Wildman–Crippen LogP) is 2.18. The number of nitrogens with two attached hydrogens (primary N) is 1. The van der Waals surface area contributed by atoms with E-state index in [1.807, 2.05) is 0 Å². The maximum Gasteiger partial charge on any atom is 0.270 e. The number of aromatic nitrogens is 2. The second kappa shape index (κ2) is 4.34. The largest absolute Gasteiger partial charge is 0.398 e. The van der Waals surface area contributed by atoms with E-state index in [0.29, 0.717) is 23.0 Å². The van der Waals surface area contributed by atoms with Gasteiger partial charge in [-0.3, -0.25) is 10.1 Å². The molecule has 2 N–H and O–H groups in total. The summed E-state index contributed by atoms with van der Waals surface area (Å²) in [5, 5.41) is 14.6. The van der Waals surface area contributed by atoms with E-state index in [1.165, 1.54) is 31.0 Å². The molecule has 0 bridgehead atoms. The van der Waals surface area contributed by atoms with Crippen LogP contribution in [0.1, 0.15) is 18.7 Å². The van der Waals surface area contributed by atoms with Crippen molar-refractivity contribution in [2.75, 3.05) is 5.73 Å². The highest BCUT2D eigenvalue weighted by molar-refractivity contribution is 5.73. The molecule has 1 fully saturated rings. The Balaban J connectivity index is 1.93. The number of nitrogens with zero attached hydrogens (tertiary/aromatic N) is 3. The fraction of sp³-hybridized carbons (Fsp3) is 0.333. The quantitative estimate of drug-likeness (QED) is 0.512. The Kier molecular flexibility index (Phi) is 2.66. The summed E-state index contributed by atoms with van der Waals surface area (Å²) < 4.78 is 5.13. The van der Waals surface area contributed by atoms with Crippen molar-refractivity contribution in [1.82, 2.24) is 10.1 Å². The number of nitro groups is 1. The summed E-state index contributed by atoms with van der Waals surface area (Å²) in [6.07, 6.45) is 3.18. The molecule has 1 saturated carbocycles. The predicted molar refractivity (Wildman–Crippen MR) is 67.2 cm³/mol. The molecule has 1 aliphatic rings. The average Bonchev–Trinajstić information content (AvgIpc) is 3.06. The molecule has 2 aromatic rings. The van der Waals surface area contributed by atoms with Crippen LogP contribution in [0.15, 0.2) is 22.7 Å². The maximum atomic E-state index is 10.8. The van der Waals surface area contributed by atoms with Crippen molar-refractivity contribution in [3.05, 3.63) is 34.1 Å². The second-order valence-electron chi connectivity index (χ2n) is 4.69. The lowest BCUT2D eigenvalue weighted by Gasteiger charge is -1.99. The molecule has 0 saturated heterocycles. The molecule has 1 aliphatic carbocycles. The minimum absolute atomic E-state index is 0.0499. The monoisotopic (exact) mass is 260 g/mol. The van der Waals surface area contributed by atoms with Crippen molar-refractivity contribution >= 4 is 11.4 Å². The van der Waals surface area contributed by atoms with E-state index in [-0.39, 0.29) is 11.6 Å². The van der Waals surface area contributed by atoms with E-state index >= 15 is 0 Å². The van der Waals surface area contributed by atoms with Gasteiger partial charge in [-0.15, -0.1) is 0 Å². The summed E-state index contributed by atoms with van der Waals surface area (Å²) in [5.41, 5.74) is 6.53. The summed E-state index contributed by atoms with van der Waals surface area (Å²) in [7, 11) is 0. The summed E-state index contributed by atoms with van der Waals surface area (Å²) in [6, 6.07) is 4.17. The lowest BCUT2D eigenvalue weighted by atomic mass is 10.1. The molecular formula is C12H12N4O3. The minimum Gasteiger partial charge on any atom is -0.398 e. The third-order valence-electron chi connectivity index (χ3n) is 3.11. The molecule has 0 unspecified atom stereocenters. The van der Waals surface area contributed by atoms with Crippen LogP contribution in [0.4, 0.5) is 11.4 Å². The fourth-order valence-electron chi connectivity index (χ4n) is 1.87. The molecule has 7 nitrogen and oxygen atoms in total. The molecule has 1 aromatic heterocycles. The number of rotatable bonds is 4. The van der Waals surface area contributed by atoms with Crippen LogP contribution >= 0.6 is 0 Å². The van der Waals surface area contributed by atoms with Crippen molar-refractivity contribution in [3.8, 4) is 11.5 Å². The van der Waals surface area contributed by atoms with Gasteiger partial charge in [0.1, 0.15) is 0 Å². The Hall–Kier alpha value is -2.44. The molecule has 3 rings (SSSR count). The van der Waals surface area contributed by atoms with Gasteiger partial charge < -0.3 is 10.3 Å². The molecule has 0 atom stereocenters. The van der Waals surface area contributed by atoms with Crippen LogP contribution in [0.5, 0.6) is 0 Å². The number of benzene rings is 1. The summed E-state index contributed by atoms with van der Waals surface area (Å²) >= 11 is 0. The topological polar surface area (TPSA) is 108 Å². The zero-order valence-corrected chi connectivity index (χ0v) is 10.1. The number of non-ortho nitro benzene ring substituents is 1. The van der Waals surface area contributed by atoms with E-state index in [0.717, 1.165) is 6.42 Å². The number of hydrogen-bond acceptors (Lipinski definition) is 6. The summed E-state index contributed by atoms with van der Waals surface area (Å²) in [4.78, 5) is 14.5. The van der Waals surface area contributed by atoms with Gasteiger partial charge >= 0.3 is 0 Å². The van der Waals surface area contributed by atoms with Crippen LogP contribution in [-0.2, 0) is 6.42 Å². The van der Waals surface area contributed by atoms with E-state index < -0.39 is 4.92 Å². The van der Waals surface area contributed by atoms with Crippen LogP contribution in [-0.4, -0.2) is 15.1 Å². The Labute approximate surface area is 108 Å². The van der Waals surface area contributed by atoms with Crippen LogP contribution in [0, 0.1) is 16.0 Å². The zero-order valence-electron chi connectivity index (χ0n) is 10.1. The third-order valence-corrected chi connectivity index (χ3v) is 3.11. The number of anilines is 1. The Morgan fingerprint density at radius 3 is 2.95 bits per heavy atom. The lowest BCUT2D eigenvalue weighted by Crippen LogP contribution is -1.94. The zero-order chi connectivity index (χ0) is 13.4. The smallest absolute Gasteiger partial charge is 0.270 e. The number of hydrogen-bond donors (Lipinski definition) is 1. The maximum absolute atomic E-state index is 10.8. The lowest BCUT2D eigenvalue weighted by molar-refractivity contribution is -0.384. The van der Waals surface area contributed by atoms with Gasteiger partial charge in [-0.05, 0) is 24.8 Å². The van der Waals surface area contributed by atoms with Crippen molar-refractivity contribution < 1.29 is 9.45 Å². The minimum atomic E-state index is -0.482. The molecule has 19 heavy (non-hydrogen) atoms. The SMILES string of the molecule is Nc1ccc([N+](=O)[O-])cc1-c1nc(CC2CC2)no1. The Morgan fingerprint density at radius 2 is 2.26 bits per heavy atom. The van der Waals surface area contributed by atoms with Gasteiger partial charge in [0.2, 0.25) is 0 Å².